The first-order valence-corrected chi connectivity index (χ1v) is 11.3. The first-order valence-electron chi connectivity index (χ1n) is 9.46. The van der Waals surface area contributed by atoms with Crippen LogP contribution in [0.1, 0.15) is 5.56 Å². The van der Waals surface area contributed by atoms with Gasteiger partial charge in [-0.25, -0.2) is 18.4 Å². The van der Waals surface area contributed by atoms with Crippen molar-refractivity contribution in [3.8, 4) is 5.75 Å². The summed E-state index contributed by atoms with van der Waals surface area (Å²) in [4.78, 5) is 13.3. The molecule has 0 saturated heterocycles. The molecule has 1 aromatic carbocycles. The second-order valence-corrected chi connectivity index (χ2v) is 9.00. The van der Waals surface area contributed by atoms with Crippen molar-refractivity contribution in [3.05, 3.63) is 66.6 Å². The standard InChI is InChI=1S/C21H22N6O3S/c1-26(31(3,28)29)19-16(6-5-10-22-19)14-27-11-9-15-13-23-21(25-20(15)27)24-17-7-4-8-18(12-17)30-2/h4-13H,14H2,1-3H3,(H,23,24,25). The Balaban J connectivity index is 1.66. The fraction of sp³-hybridized carbons (Fsp3) is 0.190. The van der Waals surface area contributed by atoms with Crippen LogP contribution in [-0.2, 0) is 16.6 Å². The SMILES string of the molecule is COc1cccc(Nc2ncc3ccn(Cc4cccnc4N(C)S(C)(=O)=O)c3n2)c1. The van der Waals surface area contributed by atoms with Crippen LogP contribution in [0.3, 0.4) is 0 Å². The molecule has 1 N–H and O–H groups in total. The number of anilines is 3. The largest absolute Gasteiger partial charge is 0.497 e. The Morgan fingerprint density at radius 3 is 2.77 bits per heavy atom. The normalized spacial score (nSPS) is 11.5. The van der Waals surface area contributed by atoms with E-state index < -0.39 is 10.0 Å². The summed E-state index contributed by atoms with van der Waals surface area (Å²) in [6, 6.07) is 13.1. The number of pyridine rings is 1. The van der Waals surface area contributed by atoms with E-state index in [2.05, 4.69) is 20.3 Å². The molecule has 9 nitrogen and oxygen atoms in total. The monoisotopic (exact) mass is 438 g/mol. The molecule has 160 valence electrons. The molecule has 4 aromatic rings. The quantitative estimate of drug-likeness (QED) is 0.473. The molecular weight excluding hydrogens is 416 g/mol. The molecule has 0 bridgehead atoms. The van der Waals surface area contributed by atoms with E-state index in [0.717, 1.165) is 34.3 Å². The molecule has 0 unspecified atom stereocenters. The molecule has 0 spiro atoms. The third-order valence-corrected chi connectivity index (χ3v) is 6.00. The van der Waals surface area contributed by atoms with Crippen LogP contribution in [0.2, 0.25) is 0 Å². The van der Waals surface area contributed by atoms with Gasteiger partial charge in [0.25, 0.3) is 0 Å². The van der Waals surface area contributed by atoms with Crippen molar-refractivity contribution in [1.82, 2.24) is 19.5 Å². The van der Waals surface area contributed by atoms with E-state index in [1.807, 2.05) is 47.2 Å². The molecule has 0 aliphatic rings. The summed E-state index contributed by atoms with van der Waals surface area (Å²) >= 11 is 0. The number of nitrogens with one attached hydrogen (secondary N) is 1. The molecule has 3 heterocycles. The summed E-state index contributed by atoms with van der Waals surface area (Å²) in [5, 5.41) is 4.06. The van der Waals surface area contributed by atoms with Gasteiger partial charge in [0.15, 0.2) is 0 Å². The fourth-order valence-corrected chi connectivity index (χ4v) is 3.64. The second-order valence-electron chi connectivity index (χ2n) is 6.99. The van der Waals surface area contributed by atoms with Gasteiger partial charge in [-0.3, -0.25) is 4.31 Å². The molecule has 0 saturated carbocycles. The number of nitrogens with zero attached hydrogens (tertiary/aromatic N) is 5. The lowest BCUT2D eigenvalue weighted by Gasteiger charge is -2.19. The first kappa shape index (κ1) is 20.6. The molecule has 10 heteroatoms. The maximum Gasteiger partial charge on any atom is 0.233 e. The predicted molar refractivity (Wildman–Crippen MR) is 120 cm³/mol. The van der Waals surface area contributed by atoms with E-state index in [0.29, 0.717) is 18.3 Å². The van der Waals surface area contributed by atoms with Gasteiger partial charge in [0.05, 0.1) is 19.9 Å². The number of ether oxygens (including phenoxy) is 1. The summed E-state index contributed by atoms with van der Waals surface area (Å²) in [5.74, 6) is 1.56. The minimum Gasteiger partial charge on any atom is -0.497 e. The van der Waals surface area contributed by atoms with E-state index in [4.69, 9.17) is 4.74 Å². The van der Waals surface area contributed by atoms with Gasteiger partial charge < -0.3 is 14.6 Å². The Morgan fingerprint density at radius 2 is 2.00 bits per heavy atom. The van der Waals surface area contributed by atoms with Gasteiger partial charge in [0.1, 0.15) is 17.2 Å². The zero-order valence-corrected chi connectivity index (χ0v) is 18.2. The Kier molecular flexibility index (Phi) is 5.47. The number of hydrogen-bond acceptors (Lipinski definition) is 7. The molecule has 0 aliphatic heterocycles. The van der Waals surface area contributed by atoms with Crippen molar-refractivity contribution < 1.29 is 13.2 Å². The van der Waals surface area contributed by atoms with Crippen molar-refractivity contribution in [2.24, 2.45) is 0 Å². The van der Waals surface area contributed by atoms with Crippen molar-refractivity contribution in [1.29, 1.82) is 0 Å². The van der Waals surface area contributed by atoms with Crippen LogP contribution in [-0.4, -0.2) is 48.4 Å². The minimum atomic E-state index is -3.43. The molecule has 31 heavy (non-hydrogen) atoms. The molecule has 0 atom stereocenters. The average Bonchev–Trinajstić information content (AvgIpc) is 3.15. The Labute approximate surface area is 180 Å². The van der Waals surface area contributed by atoms with Crippen LogP contribution in [0.25, 0.3) is 11.0 Å². The molecule has 4 rings (SSSR count). The molecule has 0 amide bonds. The van der Waals surface area contributed by atoms with E-state index >= 15 is 0 Å². The Hall–Kier alpha value is -3.66. The number of hydrogen-bond donors (Lipinski definition) is 1. The number of benzene rings is 1. The Bertz CT molecular complexity index is 1340. The lowest BCUT2D eigenvalue weighted by atomic mass is 10.2. The van der Waals surface area contributed by atoms with Gasteiger partial charge in [-0.2, -0.15) is 4.98 Å². The van der Waals surface area contributed by atoms with Crippen LogP contribution in [0.15, 0.2) is 61.1 Å². The number of sulfonamides is 1. The van der Waals surface area contributed by atoms with Crippen LogP contribution in [0.5, 0.6) is 5.75 Å². The van der Waals surface area contributed by atoms with Crippen molar-refractivity contribution in [2.45, 2.75) is 6.54 Å². The number of aromatic nitrogens is 4. The highest BCUT2D eigenvalue weighted by Gasteiger charge is 2.18. The molecule has 0 radical (unpaired) electrons. The summed E-state index contributed by atoms with van der Waals surface area (Å²) in [6.07, 6.45) is 6.37. The van der Waals surface area contributed by atoms with Crippen LogP contribution < -0.4 is 14.4 Å². The van der Waals surface area contributed by atoms with Gasteiger partial charge in [-0.1, -0.05) is 12.1 Å². The predicted octanol–water partition coefficient (Wildman–Crippen LogP) is 3.02. The zero-order chi connectivity index (χ0) is 22.0. The number of fused-ring (bicyclic) bond motifs is 1. The molecular formula is C21H22N6O3S. The Morgan fingerprint density at radius 1 is 1.16 bits per heavy atom. The van der Waals surface area contributed by atoms with Crippen LogP contribution >= 0.6 is 0 Å². The fourth-order valence-electron chi connectivity index (χ4n) is 3.17. The maximum atomic E-state index is 12.0. The van der Waals surface area contributed by atoms with Gasteiger partial charge in [0, 0.05) is 48.3 Å². The van der Waals surface area contributed by atoms with Gasteiger partial charge >= 0.3 is 0 Å². The molecule has 3 aromatic heterocycles. The lowest BCUT2D eigenvalue weighted by molar-refractivity contribution is 0.415. The highest BCUT2D eigenvalue weighted by molar-refractivity contribution is 7.92. The van der Waals surface area contributed by atoms with E-state index in [1.54, 1.807) is 25.6 Å². The molecule has 0 aliphatic carbocycles. The van der Waals surface area contributed by atoms with Crippen molar-refractivity contribution >= 4 is 38.5 Å². The smallest absolute Gasteiger partial charge is 0.233 e. The summed E-state index contributed by atoms with van der Waals surface area (Å²) < 4.78 is 32.4. The highest BCUT2D eigenvalue weighted by atomic mass is 32.2. The molecule has 0 fully saturated rings. The summed E-state index contributed by atoms with van der Waals surface area (Å²) in [7, 11) is -0.324. The summed E-state index contributed by atoms with van der Waals surface area (Å²) in [5.41, 5.74) is 2.28. The lowest BCUT2D eigenvalue weighted by Crippen LogP contribution is -2.27. The van der Waals surface area contributed by atoms with Crippen LogP contribution in [0.4, 0.5) is 17.5 Å². The van der Waals surface area contributed by atoms with Crippen LogP contribution in [0, 0.1) is 0 Å². The maximum absolute atomic E-state index is 12.0. The van der Waals surface area contributed by atoms with Gasteiger partial charge in [-0.05, 0) is 24.3 Å². The topological polar surface area (TPSA) is 102 Å². The average molecular weight is 439 g/mol. The van der Waals surface area contributed by atoms with E-state index in [1.165, 1.54) is 11.4 Å². The van der Waals surface area contributed by atoms with E-state index in [9.17, 15) is 8.42 Å². The third-order valence-electron chi connectivity index (χ3n) is 4.83. The van der Waals surface area contributed by atoms with Gasteiger partial charge in [-0.15, -0.1) is 0 Å². The minimum absolute atomic E-state index is 0.385. The highest BCUT2D eigenvalue weighted by Crippen LogP contribution is 2.24. The number of methoxy groups -OCH3 is 1. The third kappa shape index (κ3) is 4.43. The first-order chi connectivity index (χ1) is 14.8. The summed E-state index contributed by atoms with van der Waals surface area (Å²) in [6.45, 7) is 0.405. The van der Waals surface area contributed by atoms with Crippen molar-refractivity contribution in [3.63, 3.8) is 0 Å². The number of rotatable bonds is 7. The van der Waals surface area contributed by atoms with Crippen molar-refractivity contribution in [2.75, 3.05) is 30.0 Å². The van der Waals surface area contributed by atoms with E-state index in [-0.39, 0.29) is 0 Å². The second kappa shape index (κ2) is 8.23. The zero-order valence-electron chi connectivity index (χ0n) is 17.3. The van der Waals surface area contributed by atoms with Gasteiger partial charge in [0.2, 0.25) is 16.0 Å².